The molecule has 0 saturated carbocycles. The number of hydrogen-bond acceptors (Lipinski definition) is 3. The molecule has 3 aromatic rings. The molecule has 0 amide bonds. The van der Waals surface area contributed by atoms with Crippen LogP contribution in [-0.4, -0.2) is 11.7 Å². The van der Waals surface area contributed by atoms with Gasteiger partial charge in [-0.1, -0.05) is 60.7 Å². The van der Waals surface area contributed by atoms with Gasteiger partial charge < -0.3 is 15.2 Å². The largest absolute Gasteiger partial charge is 0.489 e. The van der Waals surface area contributed by atoms with Gasteiger partial charge in [0.1, 0.15) is 18.2 Å². The number of aliphatic hydroxyl groups is 1. The van der Waals surface area contributed by atoms with Crippen molar-refractivity contribution < 1.29 is 14.2 Å². The van der Waals surface area contributed by atoms with Crippen molar-refractivity contribution >= 4 is 0 Å². The molecule has 0 bridgehead atoms. The van der Waals surface area contributed by atoms with Crippen LogP contribution >= 0.6 is 0 Å². The molecule has 3 nitrogen and oxygen atoms in total. The summed E-state index contributed by atoms with van der Waals surface area (Å²) < 4.78 is 18.9. The number of ether oxygens (including phenoxy) is 1. The number of nitrogens with one attached hydrogen (secondary N) is 1. The van der Waals surface area contributed by atoms with Gasteiger partial charge >= 0.3 is 0 Å². The minimum Gasteiger partial charge on any atom is -0.489 e. The van der Waals surface area contributed by atoms with E-state index < -0.39 is 6.10 Å². The average molecular weight is 351 g/mol. The second-order valence-corrected chi connectivity index (χ2v) is 6.08. The van der Waals surface area contributed by atoms with Crippen molar-refractivity contribution in [2.24, 2.45) is 0 Å². The lowest BCUT2D eigenvalue weighted by molar-refractivity contribution is 0.174. The highest BCUT2D eigenvalue weighted by Gasteiger charge is 2.08. The molecule has 3 aromatic carbocycles. The van der Waals surface area contributed by atoms with E-state index in [1.807, 2.05) is 54.6 Å². The number of halogens is 1. The maximum Gasteiger partial charge on any atom is 0.124 e. The van der Waals surface area contributed by atoms with Crippen LogP contribution in [-0.2, 0) is 13.2 Å². The molecule has 0 radical (unpaired) electrons. The van der Waals surface area contributed by atoms with Crippen LogP contribution in [0.4, 0.5) is 4.39 Å². The van der Waals surface area contributed by atoms with E-state index in [-0.39, 0.29) is 5.82 Å². The van der Waals surface area contributed by atoms with E-state index in [0.717, 1.165) is 16.9 Å². The second-order valence-electron chi connectivity index (χ2n) is 6.08. The molecule has 0 aliphatic carbocycles. The van der Waals surface area contributed by atoms with Gasteiger partial charge in [0, 0.05) is 18.7 Å². The Labute approximate surface area is 153 Å². The van der Waals surface area contributed by atoms with Crippen LogP contribution in [0.2, 0.25) is 0 Å². The van der Waals surface area contributed by atoms with E-state index in [1.165, 1.54) is 12.1 Å². The minimum absolute atomic E-state index is 0.307. The first-order valence-electron chi connectivity index (χ1n) is 8.61. The number of rotatable bonds is 8. The van der Waals surface area contributed by atoms with Crippen LogP contribution < -0.4 is 10.1 Å². The molecule has 0 aliphatic heterocycles. The maximum absolute atomic E-state index is 13.0. The summed E-state index contributed by atoms with van der Waals surface area (Å²) in [6.07, 6.45) is -0.687. The summed E-state index contributed by atoms with van der Waals surface area (Å²) in [6.45, 7) is 1.46. The number of aliphatic hydroxyl groups excluding tert-OH is 1. The van der Waals surface area contributed by atoms with Gasteiger partial charge in [0.25, 0.3) is 0 Å². The Kier molecular flexibility index (Phi) is 6.36. The molecule has 1 atom stereocenters. The second kappa shape index (κ2) is 9.13. The fourth-order valence-electron chi connectivity index (χ4n) is 2.67. The van der Waals surface area contributed by atoms with Gasteiger partial charge in [-0.2, -0.15) is 0 Å². The molecule has 26 heavy (non-hydrogen) atoms. The van der Waals surface area contributed by atoms with Gasteiger partial charge in [0.05, 0.1) is 6.10 Å². The van der Waals surface area contributed by atoms with Crippen molar-refractivity contribution in [2.75, 3.05) is 6.54 Å². The van der Waals surface area contributed by atoms with Gasteiger partial charge in [-0.25, -0.2) is 4.39 Å². The van der Waals surface area contributed by atoms with Gasteiger partial charge in [-0.05, 0) is 29.3 Å². The molecule has 0 aliphatic rings. The van der Waals surface area contributed by atoms with Crippen LogP contribution in [0.1, 0.15) is 22.8 Å². The molecule has 2 N–H and O–H groups in total. The first-order valence-corrected chi connectivity index (χ1v) is 8.61. The molecule has 0 fully saturated rings. The van der Waals surface area contributed by atoms with Crippen LogP contribution in [0.15, 0.2) is 78.9 Å². The number of para-hydroxylation sites is 1. The van der Waals surface area contributed by atoms with E-state index in [2.05, 4.69) is 5.32 Å². The molecular formula is C22H22FNO2. The zero-order valence-corrected chi connectivity index (χ0v) is 14.4. The van der Waals surface area contributed by atoms with E-state index >= 15 is 0 Å². The van der Waals surface area contributed by atoms with Crippen LogP contribution in [0.25, 0.3) is 0 Å². The molecule has 0 saturated heterocycles. The molecule has 3 rings (SSSR count). The first-order chi connectivity index (χ1) is 12.7. The summed E-state index contributed by atoms with van der Waals surface area (Å²) in [6, 6.07) is 23.8. The Hall–Kier alpha value is -2.69. The fourth-order valence-corrected chi connectivity index (χ4v) is 2.67. The Bertz CT molecular complexity index is 806. The highest BCUT2D eigenvalue weighted by atomic mass is 19.1. The highest BCUT2D eigenvalue weighted by molar-refractivity contribution is 5.33. The predicted molar refractivity (Wildman–Crippen MR) is 100 cm³/mol. The van der Waals surface area contributed by atoms with Crippen LogP contribution in [0.5, 0.6) is 5.75 Å². The van der Waals surface area contributed by atoms with Crippen LogP contribution in [0, 0.1) is 5.82 Å². The standard InChI is InChI=1S/C22H22FNO2/c23-20-12-10-18(11-13-20)21(25)15-24-14-19-8-4-5-9-22(19)26-16-17-6-2-1-3-7-17/h1-13,21,24-25H,14-16H2. The quantitative estimate of drug-likeness (QED) is 0.638. The molecule has 0 aromatic heterocycles. The topological polar surface area (TPSA) is 41.5 Å². The van der Waals surface area contributed by atoms with Crippen molar-refractivity contribution in [2.45, 2.75) is 19.3 Å². The van der Waals surface area contributed by atoms with Gasteiger partial charge in [0.15, 0.2) is 0 Å². The lowest BCUT2D eigenvalue weighted by Crippen LogP contribution is -2.21. The average Bonchev–Trinajstić information content (AvgIpc) is 2.68. The lowest BCUT2D eigenvalue weighted by atomic mass is 10.1. The maximum atomic E-state index is 13.0. The van der Waals surface area contributed by atoms with Gasteiger partial charge in [-0.3, -0.25) is 0 Å². The van der Waals surface area contributed by atoms with Crippen molar-refractivity contribution in [1.29, 1.82) is 0 Å². The Morgan fingerprint density at radius 2 is 1.58 bits per heavy atom. The van der Waals surface area contributed by atoms with E-state index in [0.29, 0.717) is 25.3 Å². The summed E-state index contributed by atoms with van der Waals surface area (Å²) >= 11 is 0. The molecule has 1 unspecified atom stereocenters. The zero-order chi connectivity index (χ0) is 18.2. The summed E-state index contributed by atoms with van der Waals surface area (Å²) in [5.74, 6) is 0.513. The fraction of sp³-hybridized carbons (Fsp3) is 0.182. The van der Waals surface area contributed by atoms with Crippen molar-refractivity contribution in [3.63, 3.8) is 0 Å². The van der Waals surface area contributed by atoms with E-state index in [9.17, 15) is 9.50 Å². The Balaban J connectivity index is 1.54. The van der Waals surface area contributed by atoms with Crippen molar-refractivity contribution in [1.82, 2.24) is 5.32 Å². The zero-order valence-electron chi connectivity index (χ0n) is 14.4. The monoisotopic (exact) mass is 351 g/mol. The summed E-state index contributed by atoms with van der Waals surface area (Å²) in [4.78, 5) is 0. The Morgan fingerprint density at radius 3 is 2.35 bits per heavy atom. The third kappa shape index (κ3) is 5.15. The van der Waals surface area contributed by atoms with Gasteiger partial charge in [-0.15, -0.1) is 0 Å². The third-order valence-corrected chi connectivity index (χ3v) is 4.12. The Morgan fingerprint density at radius 1 is 0.885 bits per heavy atom. The number of benzene rings is 3. The molecule has 0 spiro atoms. The smallest absolute Gasteiger partial charge is 0.124 e. The first kappa shape index (κ1) is 18.1. The normalized spacial score (nSPS) is 11.9. The van der Waals surface area contributed by atoms with Crippen LogP contribution in [0.3, 0.4) is 0 Å². The summed E-state index contributed by atoms with van der Waals surface area (Å²) in [5.41, 5.74) is 2.82. The SMILES string of the molecule is OC(CNCc1ccccc1OCc1ccccc1)c1ccc(F)cc1. The number of hydrogen-bond donors (Lipinski definition) is 2. The van der Waals surface area contributed by atoms with Gasteiger partial charge in [0.2, 0.25) is 0 Å². The van der Waals surface area contributed by atoms with Crippen molar-refractivity contribution in [3.8, 4) is 5.75 Å². The minimum atomic E-state index is -0.687. The highest BCUT2D eigenvalue weighted by Crippen LogP contribution is 2.20. The summed E-state index contributed by atoms with van der Waals surface area (Å²) in [7, 11) is 0. The third-order valence-electron chi connectivity index (χ3n) is 4.12. The van der Waals surface area contributed by atoms with E-state index in [1.54, 1.807) is 12.1 Å². The van der Waals surface area contributed by atoms with Crippen molar-refractivity contribution in [3.05, 3.63) is 101 Å². The predicted octanol–water partition coefficient (Wildman–Crippen LogP) is 4.23. The summed E-state index contributed by atoms with van der Waals surface area (Å²) in [5, 5.41) is 13.4. The molecular weight excluding hydrogens is 329 g/mol. The molecule has 4 heteroatoms. The molecule has 134 valence electrons. The van der Waals surface area contributed by atoms with E-state index in [4.69, 9.17) is 4.74 Å². The molecule has 0 heterocycles. The lowest BCUT2D eigenvalue weighted by Gasteiger charge is -2.15.